The quantitative estimate of drug-likeness (QED) is 0.347. The standard InChI is InChI=1S/C29H32.3C2H6/c1-9-16-28-26(13-5)25(12-4)27(14-6)29(28,23(11-3)19-21(7)10-2)24-18-15-17-22(8)20-24;3*1-2/h9-20H,1-2,4,6H2,3,5,7-8H3;3*1-2H3/b21-19-,23-11+,26-13-,28-16+;;;. The maximum atomic E-state index is 4.21. The van der Waals surface area contributed by atoms with Gasteiger partial charge < -0.3 is 0 Å². The van der Waals surface area contributed by atoms with Crippen molar-refractivity contribution in [1.29, 1.82) is 0 Å². The van der Waals surface area contributed by atoms with E-state index >= 15 is 0 Å². The Hall–Kier alpha value is -3.12. The molecule has 0 N–H and O–H groups in total. The van der Waals surface area contributed by atoms with Crippen molar-refractivity contribution in [3.63, 3.8) is 0 Å². The van der Waals surface area contributed by atoms with Gasteiger partial charge in [0.15, 0.2) is 0 Å². The highest BCUT2D eigenvalue weighted by atomic mass is 14.5. The highest BCUT2D eigenvalue weighted by Crippen LogP contribution is 2.57. The molecule has 0 aliphatic heterocycles. The maximum Gasteiger partial charge on any atom is 0.0710 e. The van der Waals surface area contributed by atoms with E-state index in [-0.39, 0.29) is 0 Å². The summed E-state index contributed by atoms with van der Waals surface area (Å²) in [5.41, 5.74) is 8.83. The first kappa shape index (κ1) is 34.0. The second kappa shape index (κ2) is 18.2. The van der Waals surface area contributed by atoms with E-state index in [2.05, 4.69) is 103 Å². The Balaban J connectivity index is 0. The zero-order valence-electron chi connectivity index (χ0n) is 24.3. The molecule has 1 aliphatic carbocycles. The molecule has 0 aromatic heterocycles. The zero-order chi connectivity index (χ0) is 27.6. The van der Waals surface area contributed by atoms with Crippen molar-refractivity contribution in [2.75, 3.05) is 0 Å². The summed E-state index contributed by atoms with van der Waals surface area (Å²) in [6.07, 6.45) is 16.4. The lowest BCUT2D eigenvalue weighted by atomic mass is 9.65. The maximum absolute atomic E-state index is 4.21. The Kier molecular flexibility index (Phi) is 17.7. The van der Waals surface area contributed by atoms with E-state index in [0.717, 1.165) is 16.7 Å². The van der Waals surface area contributed by atoms with Gasteiger partial charge in [-0.15, -0.1) is 0 Å². The summed E-state index contributed by atoms with van der Waals surface area (Å²) in [7, 11) is 0. The van der Waals surface area contributed by atoms with Crippen LogP contribution >= 0.6 is 0 Å². The zero-order valence-corrected chi connectivity index (χ0v) is 24.3. The first-order chi connectivity index (χ1) is 17.0. The summed E-state index contributed by atoms with van der Waals surface area (Å²) in [4.78, 5) is 0. The fourth-order valence-corrected chi connectivity index (χ4v) is 4.35. The second-order valence-electron chi connectivity index (χ2n) is 7.21. The molecule has 0 heterocycles. The van der Waals surface area contributed by atoms with Gasteiger partial charge in [0.2, 0.25) is 0 Å². The number of rotatable bonds is 7. The van der Waals surface area contributed by atoms with Crippen molar-refractivity contribution in [2.45, 2.75) is 74.7 Å². The summed E-state index contributed by atoms with van der Waals surface area (Å²) in [6, 6.07) is 8.72. The molecule has 0 radical (unpaired) electrons. The van der Waals surface area contributed by atoms with Crippen molar-refractivity contribution in [3.8, 4) is 0 Å². The third-order valence-electron chi connectivity index (χ3n) is 5.56. The molecule has 1 aromatic carbocycles. The van der Waals surface area contributed by atoms with Gasteiger partial charge in [-0.25, -0.2) is 0 Å². The van der Waals surface area contributed by atoms with Crippen LogP contribution in [0.2, 0.25) is 0 Å². The lowest BCUT2D eigenvalue weighted by molar-refractivity contribution is 0.753. The second-order valence-corrected chi connectivity index (χ2v) is 7.21. The number of aryl methyl sites for hydroxylation is 1. The lowest BCUT2D eigenvalue weighted by Crippen LogP contribution is -2.30. The molecule has 0 fully saturated rings. The van der Waals surface area contributed by atoms with Gasteiger partial charge in [-0.2, -0.15) is 0 Å². The van der Waals surface area contributed by atoms with Gasteiger partial charge in [-0.1, -0.05) is 152 Å². The fourth-order valence-electron chi connectivity index (χ4n) is 4.35. The Morgan fingerprint density at radius 1 is 0.886 bits per heavy atom. The Morgan fingerprint density at radius 2 is 1.49 bits per heavy atom. The molecule has 1 unspecified atom stereocenters. The van der Waals surface area contributed by atoms with Crippen LogP contribution in [0.3, 0.4) is 0 Å². The van der Waals surface area contributed by atoms with Gasteiger partial charge in [0.1, 0.15) is 0 Å². The first-order valence-electron chi connectivity index (χ1n) is 13.0. The SMILES string of the molecule is C=C/C=C1\C(=C/C)C(C=C)=C(C=C)C1(C(/C=C(/C)C=C)=C/C)c1cccc(C)c1.CC.CC.CC. The summed E-state index contributed by atoms with van der Waals surface area (Å²) in [5, 5.41) is 0. The third-order valence-corrected chi connectivity index (χ3v) is 5.56. The van der Waals surface area contributed by atoms with E-state index in [1.165, 1.54) is 27.8 Å². The number of allylic oxidation sites excluding steroid dienone is 14. The van der Waals surface area contributed by atoms with E-state index in [1.807, 2.05) is 65.8 Å². The van der Waals surface area contributed by atoms with Gasteiger partial charge in [-0.3, -0.25) is 0 Å². The van der Waals surface area contributed by atoms with Gasteiger partial charge in [-0.05, 0) is 61.1 Å². The van der Waals surface area contributed by atoms with Crippen molar-refractivity contribution in [3.05, 3.63) is 144 Å². The average Bonchev–Trinajstić information content (AvgIpc) is 3.19. The predicted octanol–water partition coefficient (Wildman–Crippen LogP) is 11.1. The molecule has 1 atom stereocenters. The molecule has 35 heavy (non-hydrogen) atoms. The molecule has 0 heteroatoms. The Morgan fingerprint density at radius 3 is 1.89 bits per heavy atom. The average molecular weight is 471 g/mol. The number of hydrogen-bond donors (Lipinski definition) is 0. The van der Waals surface area contributed by atoms with E-state index in [0.29, 0.717) is 0 Å². The Labute approximate surface area is 218 Å². The minimum Gasteiger partial charge on any atom is -0.0991 e. The van der Waals surface area contributed by atoms with Crippen LogP contribution < -0.4 is 0 Å². The molecule has 2 rings (SSSR count). The van der Waals surface area contributed by atoms with Gasteiger partial charge >= 0.3 is 0 Å². The molecule has 0 bridgehead atoms. The minimum atomic E-state index is -0.494. The van der Waals surface area contributed by atoms with Crippen LogP contribution in [-0.4, -0.2) is 0 Å². The molecule has 0 saturated heterocycles. The van der Waals surface area contributed by atoms with Crippen LogP contribution in [0.15, 0.2) is 133 Å². The van der Waals surface area contributed by atoms with Crippen molar-refractivity contribution < 1.29 is 0 Å². The number of hydrogen-bond acceptors (Lipinski definition) is 0. The topological polar surface area (TPSA) is 0 Å². The van der Waals surface area contributed by atoms with Crippen LogP contribution in [0.5, 0.6) is 0 Å². The smallest absolute Gasteiger partial charge is 0.0710 e. The molecule has 1 aliphatic rings. The Bertz CT molecular complexity index is 998. The number of benzene rings is 1. The summed E-state index contributed by atoms with van der Waals surface area (Å²) < 4.78 is 0. The summed E-state index contributed by atoms with van der Waals surface area (Å²) in [5.74, 6) is 0. The highest BCUT2D eigenvalue weighted by Gasteiger charge is 2.48. The normalized spacial score (nSPS) is 19.5. The van der Waals surface area contributed by atoms with E-state index in [1.54, 1.807) is 0 Å². The molecular formula is C35H50. The highest BCUT2D eigenvalue weighted by molar-refractivity contribution is 5.79. The first-order valence-corrected chi connectivity index (χ1v) is 13.0. The molecule has 0 nitrogen and oxygen atoms in total. The molecule has 0 spiro atoms. The van der Waals surface area contributed by atoms with Gasteiger partial charge in [0.25, 0.3) is 0 Å². The van der Waals surface area contributed by atoms with Crippen molar-refractivity contribution in [2.24, 2.45) is 0 Å². The van der Waals surface area contributed by atoms with E-state index in [4.69, 9.17) is 0 Å². The fraction of sp³-hybridized carbons (Fsp3) is 0.314. The van der Waals surface area contributed by atoms with E-state index in [9.17, 15) is 0 Å². The van der Waals surface area contributed by atoms with Crippen molar-refractivity contribution >= 4 is 0 Å². The molecule has 1 aromatic rings. The van der Waals surface area contributed by atoms with Crippen LogP contribution in [0.4, 0.5) is 0 Å². The lowest BCUT2D eigenvalue weighted by Gasteiger charge is -2.36. The van der Waals surface area contributed by atoms with Crippen LogP contribution in [-0.2, 0) is 5.41 Å². The van der Waals surface area contributed by atoms with Crippen LogP contribution in [0, 0.1) is 6.92 Å². The predicted molar refractivity (Wildman–Crippen MR) is 164 cm³/mol. The van der Waals surface area contributed by atoms with Crippen LogP contribution in [0.25, 0.3) is 0 Å². The third kappa shape index (κ3) is 7.18. The molecule has 190 valence electrons. The summed E-state index contributed by atoms with van der Waals surface area (Å²) >= 11 is 0. The summed E-state index contributed by atoms with van der Waals surface area (Å²) in [6.45, 7) is 36.7. The van der Waals surface area contributed by atoms with Crippen LogP contribution in [0.1, 0.15) is 73.4 Å². The monoisotopic (exact) mass is 470 g/mol. The molecule has 0 saturated carbocycles. The van der Waals surface area contributed by atoms with Crippen molar-refractivity contribution in [1.82, 2.24) is 0 Å². The minimum absolute atomic E-state index is 0.494. The van der Waals surface area contributed by atoms with Gasteiger partial charge in [0, 0.05) is 0 Å². The largest absolute Gasteiger partial charge is 0.0991 e. The molecule has 0 amide bonds. The van der Waals surface area contributed by atoms with E-state index < -0.39 is 5.41 Å². The van der Waals surface area contributed by atoms with Gasteiger partial charge in [0.05, 0.1) is 5.41 Å². The molecular weight excluding hydrogens is 420 g/mol.